The van der Waals surface area contributed by atoms with E-state index in [2.05, 4.69) is 10.3 Å². The van der Waals surface area contributed by atoms with Gasteiger partial charge in [-0.3, -0.25) is 9.78 Å². The van der Waals surface area contributed by atoms with Crippen LogP contribution < -0.4 is 10.1 Å². The summed E-state index contributed by atoms with van der Waals surface area (Å²) < 4.78 is 11.6. The summed E-state index contributed by atoms with van der Waals surface area (Å²) in [6, 6.07) is 11.3. The highest BCUT2D eigenvalue weighted by Gasteiger charge is 2.18. The first-order chi connectivity index (χ1) is 12.7. The van der Waals surface area contributed by atoms with Gasteiger partial charge in [0, 0.05) is 23.6 Å². The number of fused-ring (bicyclic) bond motifs is 3. The molecular formula is C21H22N2O3. The van der Waals surface area contributed by atoms with Crippen LogP contribution >= 0.6 is 0 Å². The van der Waals surface area contributed by atoms with Crippen molar-refractivity contribution < 1.29 is 13.9 Å². The van der Waals surface area contributed by atoms with E-state index in [1.807, 2.05) is 43.3 Å². The topological polar surface area (TPSA) is 64.4 Å². The van der Waals surface area contributed by atoms with E-state index in [-0.39, 0.29) is 18.6 Å². The Kier molecular flexibility index (Phi) is 4.61. The lowest BCUT2D eigenvalue weighted by Crippen LogP contribution is -2.31. The predicted octanol–water partition coefficient (Wildman–Crippen LogP) is 3.96. The molecule has 4 rings (SSSR count). The molecule has 3 aromatic rings. The molecule has 1 atom stereocenters. The zero-order valence-corrected chi connectivity index (χ0v) is 14.8. The van der Waals surface area contributed by atoms with E-state index in [9.17, 15) is 4.79 Å². The fraction of sp³-hybridized carbons (Fsp3) is 0.333. The summed E-state index contributed by atoms with van der Waals surface area (Å²) in [5.41, 5.74) is 3.02. The van der Waals surface area contributed by atoms with E-state index in [1.165, 1.54) is 18.4 Å². The van der Waals surface area contributed by atoms with E-state index >= 15 is 0 Å². The zero-order chi connectivity index (χ0) is 17.9. The monoisotopic (exact) mass is 350 g/mol. The maximum absolute atomic E-state index is 12.2. The van der Waals surface area contributed by atoms with Gasteiger partial charge in [0.25, 0.3) is 5.91 Å². The molecule has 1 aliphatic carbocycles. The van der Waals surface area contributed by atoms with Crippen molar-refractivity contribution in [3.8, 4) is 5.75 Å². The van der Waals surface area contributed by atoms with E-state index < -0.39 is 0 Å². The summed E-state index contributed by atoms with van der Waals surface area (Å²) in [6.45, 7) is 1.88. The molecule has 0 aliphatic heterocycles. The van der Waals surface area contributed by atoms with Crippen LogP contribution in [0, 0.1) is 0 Å². The second-order valence-electron chi connectivity index (χ2n) is 6.70. The van der Waals surface area contributed by atoms with Gasteiger partial charge in [-0.1, -0.05) is 6.07 Å². The minimum Gasteiger partial charge on any atom is -0.484 e. The van der Waals surface area contributed by atoms with Crippen LogP contribution in [0.4, 0.5) is 0 Å². The molecule has 0 radical (unpaired) electrons. The Labute approximate surface area is 152 Å². The maximum Gasteiger partial charge on any atom is 0.258 e. The highest BCUT2D eigenvalue weighted by molar-refractivity contribution is 5.84. The molecule has 1 aromatic carbocycles. The zero-order valence-electron chi connectivity index (χ0n) is 14.8. The van der Waals surface area contributed by atoms with Crippen LogP contribution in [0.15, 0.2) is 47.0 Å². The number of ether oxygens (including phenoxy) is 1. The lowest BCUT2D eigenvalue weighted by Gasteiger charge is -2.14. The number of carbonyl (C=O) groups is 1. The normalized spacial score (nSPS) is 14.7. The van der Waals surface area contributed by atoms with E-state index in [0.29, 0.717) is 5.75 Å². The van der Waals surface area contributed by atoms with Crippen molar-refractivity contribution in [1.29, 1.82) is 0 Å². The highest BCUT2D eigenvalue weighted by atomic mass is 16.5. The fourth-order valence-corrected chi connectivity index (χ4v) is 3.47. The second-order valence-corrected chi connectivity index (χ2v) is 6.70. The lowest BCUT2D eigenvalue weighted by molar-refractivity contribution is -0.123. The van der Waals surface area contributed by atoms with Gasteiger partial charge < -0.3 is 14.5 Å². The van der Waals surface area contributed by atoms with Gasteiger partial charge in [-0.15, -0.1) is 0 Å². The van der Waals surface area contributed by atoms with Crippen LogP contribution in [0.1, 0.15) is 42.8 Å². The standard InChI is InChI=1S/C21H22N2O3/c1-14(18-7-4-5-11-22-18)23-21(24)13-25-15-9-10-20-17(12-15)16-6-2-3-8-19(16)26-20/h4-5,7,9-12,14H,2-3,6,8,13H2,1H3,(H,23,24)/t14-/m1/s1. The van der Waals surface area contributed by atoms with Crippen molar-refractivity contribution in [2.24, 2.45) is 0 Å². The molecule has 2 aromatic heterocycles. The molecule has 0 saturated heterocycles. The summed E-state index contributed by atoms with van der Waals surface area (Å²) in [7, 11) is 0. The molecule has 0 saturated carbocycles. The van der Waals surface area contributed by atoms with Crippen molar-refractivity contribution in [2.45, 2.75) is 38.6 Å². The first kappa shape index (κ1) is 16.6. The molecular weight excluding hydrogens is 328 g/mol. The van der Waals surface area contributed by atoms with Gasteiger partial charge >= 0.3 is 0 Å². The van der Waals surface area contributed by atoms with Gasteiger partial charge in [0.1, 0.15) is 17.1 Å². The molecule has 5 heteroatoms. The third-order valence-corrected chi connectivity index (χ3v) is 4.81. The number of carbonyl (C=O) groups excluding carboxylic acids is 1. The minimum atomic E-state index is -0.169. The third-order valence-electron chi connectivity index (χ3n) is 4.81. The van der Waals surface area contributed by atoms with Crippen molar-refractivity contribution in [2.75, 3.05) is 6.61 Å². The van der Waals surface area contributed by atoms with Crippen LogP contribution in [-0.2, 0) is 17.6 Å². The molecule has 1 aliphatic rings. The Balaban J connectivity index is 1.40. The quantitative estimate of drug-likeness (QED) is 0.756. The number of hydrogen-bond acceptors (Lipinski definition) is 4. The number of nitrogens with zero attached hydrogens (tertiary/aromatic N) is 1. The number of aryl methyl sites for hydroxylation is 2. The SMILES string of the molecule is C[C@@H](NC(=O)COc1ccc2oc3c(c2c1)CCCC3)c1ccccn1. The number of hydrogen-bond donors (Lipinski definition) is 1. The molecule has 5 nitrogen and oxygen atoms in total. The molecule has 26 heavy (non-hydrogen) atoms. The molecule has 134 valence electrons. The van der Waals surface area contributed by atoms with Gasteiger partial charge in [-0.05, 0) is 56.5 Å². The first-order valence-electron chi connectivity index (χ1n) is 9.08. The Hall–Kier alpha value is -2.82. The average Bonchev–Trinajstić information content (AvgIpc) is 3.05. The van der Waals surface area contributed by atoms with Gasteiger partial charge in [0.2, 0.25) is 0 Å². The number of aromatic nitrogens is 1. The number of rotatable bonds is 5. The van der Waals surface area contributed by atoms with E-state index in [1.54, 1.807) is 6.20 Å². The number of nitrogens with one attached hydrogen (secondary N) is 1. The lowest BCUT2D eigenvalue weighted by atomic mass is 9.96. The van der Waals surface area contributed by atoms with Crippen molar-refractivity contribution >= 4 is 16.9 Å². The Morgan fingerprint density at radius 1 is 1.27 bits per heavy atom. The molecule has 0 unspecified atom stereocenters. The van der Waals surface area contributed by atoms with Crippen LogP contribution in [-0.4, -0.2) is 17.5 Å². The van der Waals surface area contributed by atoms with Gasteiger partial charge in [-0.2, -0.15) is 0 Å². The second kappa shape index (κ2) is 7.20. The summed E-state index contributed by atoms with van der Waals surface area (Å²) in [4.78, 5) is 16.4. The predicted molar refractivity (Wildman–Crippen MR) is 99.1 cm³/mol. The van der Waals surface area contributed by atoms with Crippen LogP contribution in [0.5, 0.6) is 5.75 Å². The average molecular weight is 350 g/mol. The van der Waals surface area contributed by atoms with Crippen LogP contribution in [0.3, 0.4) is 0 Å². The highest BCUT2D eigenvalue weighted by Crippen LogP contribution is 2.33. The summed E-state index contributed by atoms with van der Waals surface area (Å²) in [5.74, 6) is 1.62. The number of pyridine rings is 1. The molecule has 0 bridgehead atoms. The van der Waals surface area contributed by atoms with Crippen LogP contribution in [0.2, 0.25) is 0 Å². The number of furan rings is 1. The number of benzene rings is 1. The summed E-state index contributed by atoms with van der Waals surface area (Å²) in [5, 5.41) is 4.01. The molecule has 2 heterocycles. The smallest absolute Gasteiger partial charge is 0.258 e. The van der Waals surface area contributed by atoms with Crippen molar-refractivity contribution in [3.05, 3.63) is 59.6 Å². The van der Waals surface area contributed by atoms with Gasteiger partial charge in [0.05, 0.1) is 11.7 Å². The van der Waals surface area contributed by atoms with Crippen molar-refractivity contribution in [1.82, 2.24) is 10.3 Å². The summed E-state index contributed by atoms with van der Waals surface area (Å²) >= 11 is 0. The summed E-state index contributed by atoms with van der Waals surface area (Å²) in [6.07, 6.45) is 6.16. The Morgan fingerprint density at radius 3 is 3.00 bits per heavy atom. The fourth-order valence-electron chi connectivity index (χ4n) is 3.47. The minimum absolute atomic E-state index is 0.0251. The van der Waals surface area contributed by atoms with E-state index in [0.717, 1.165) is 35.3 Å². The maximum atomic E-state index is 12.2. The Bertz CT molecular complexity index is 918. The molecule has 0 fully saturated rings. The largest absolute Gasteiger partial charge is 0.484 e. The molecule has 0 spiro atoms. The van der Waals surface area contributed by atoms with Crippen molar-refractivity contribution in [3.63, 3.8) is 0 Å². The van der Waals surface area contributed by atoms with Crippen LogP contribution in [0.25, 0.3) is 11.0 Å². The van der Waals surface area contributed by atoms with Gasteiger partial charge in [0.15, 0.2) is 6.61 Å². The number of amides is 1. The van der Waals surface area contributed by atoms with Gasteiger partial charge in [-0.25, -0.2) is 0 Å². The first-order valence-corrected chi connectivity index (χ1v) is 9.08. The van der Waals surface area contributed by atoms with E-state index in [4.69, 9.17) is 9.15 Å². The Morgan fingerprint density at radius 2 is 2.15 bits per heavy atom. The molecule has 1 amide bonds. The molecule has 1 N–H and O–H groups in total. The third kappa shape index (κ3) is 3.43.